The van der Waals surface area contributed by atoms with E-state index in [0.717, 1.165) is 24.2 Å². The number of piperazine rings is 1. The van der Waals surface area contributed by atoms with E-state index in [2.05, 4.69) is 22.0 Å². The number of likely N-dealkylation sites (N-methyl/N-ethyl adjacent to an activating group) is 1. The first-order chi connectivity index (χ1) is 13.5. The number of benzene rings is 2. The van der Waals surface area contributed by atoms with Crippen LogP contribution in [0.25, 0.3) is 0 Å². The maximum Gasteiger partial charge on any atom is 0.387 e. The third-order valence-electron chi connectivity index (χ3n) is 4.87. The normalized spacial score (nSPS) is 17.6. The summed E-state index contributed by atoms with van der Waals surface area (Å²) in [5.74, 6) is 0.130. The number of ether oxygens (including phenoxy) is 1. The van der Waals surface area contributed by atoms with Crippen molar-refractivity contribution in [1.82, 2.24) is 15.1 Å². The summed E-state index contributed by atoms with van der Waals surface area (Å²) < 4.78 is 28.7. The van der Waals surface area contributed by atoms with Crippen molar-refractivity contribution in [2.75, 3.05) is 33.2 Å². The Balaban J connectivity index is 1.54. The van der Waals surface area contributed by atoms with E-state index in [1.165, 1.54) is 12.1 Å². The monoisotopic (exact) mass is 389 g/mol. The van der Waals surface area contributed by atoms with Crippen molar-refractivity contribution in [3.63, 3.8) is 0 Å². The van der Waals surface area contributed by atoms with Crippen LogP contribution in [0, 0.1) is 0 Å². The lowest BCUT2D eigenvalue weighted by atomic mass is 10.0. The SMILES string of the molecule is CN1CCN(C(=O)NCCc2ccc(OC(F)F)cc2)C(c2ccccc2)C1. The number of nitrogens with zero attached hydrogens (tertiary/aromatic N) is 2. The molecule has 0 aromatic heterocycles. The van der Waals surface area contributed by atoms with Gasteiger partial charge in [-0.15, -0.1) is 0 Å². The topological polar surface area (TPSA) is 44.8 Å². The second-order valence-electron chi connectivity index (χ2n) is 6.89. The van der Waals surface area contributed by atoms with Gasteiger partial charge in [0.15, 0.2) is 0 Å². The Labute approximate surface area is 163 Å². The third-order valence-corrected chi connectivity index (χ3v) is 4.87. The molecule has 2 aromatic rings. The minimum absolute atomic E-state index is 0.0192. The maximum absolute atomic E-state index is 12.7. The summed E-state index contributed by atoms with van der Waals surface area (Å²) in [7, 11) is 2.06. The quantitative estimate of drug-likeness (QED) is 0.822. The predicted octanol–water partition coefficient (Wildman–Crippen LogP) is 3.53. The van der Waals surface area contributed by atoms with Crippen LogP contribution in [0.15, 0.2) is 54.6 Å². The Morgan fingerprint density at radius 2 is 1.86 bits per heavy atom. The van der Waals surface area contributed by atoms with Gasteiger partial charge in [-0.3, -0.25) is 0 Å². The number of hydrogen-bond donors (Lipinski definition) is 1. The average Bonchev–Trinajstić information content (AvgIpc) is 2.69. The van der Waals surface area contributed by atoms with E-state index in [1.54, 1.807) is 12.1 Å². The van der Waals surface area contributed by atoms with Crippen molar-refractivity contribution in [3.8, 4) is 5.75 Å². The fourth-order valence-electron chi connectivity index (χ4n) is 3.38. The highest BCUT2D eigenvalue weighted by atomic mass is 19.3. The molecule has 0 spiro atoms. The maximum atomic E-state index is 12.7. The molecular weight excluding hydrogens is 364 g/mol. The minimum Gasteiger partial charge on any atom is -0.435 e. The summed E-state index contributed by atoms with van der Waals surface area (Å²) in [5, 5.41) is 2.98. The highest BCUT2D eigenvalue weighted by Crippen LogP contribution is 2.24. The van der Waals surface area contributed by atoms with Gasteiger partial charge in [0.1, 0.15) is 5.75 Å². The van der Waals surface area contributed by atoms with Crippen LogP contribution in [-0.2, 0) is 6.42 Å². The van der Waals surface area contributed by atoms with Gasteiger partial charge in [-0.25, -0.2) is 4.79 Å². The van der Waals surface area contributed by atoms with E-state index in [4.69, 9.17) is 0 Å². The number of rotatable bonds is 6. The van der Waals surface area contributed by atoms with Crippen molar-refractivity contribution < 1.29 is 18.3 Å². The predicted molar refractivity (Wildman–Crippen MR) is 104 cm³/mol. The van der Waals surface area contributed by atoms with Gasteiger partial charge < -0.3 is 19.9 Å². The summed E-state index contributed by atoms with van der Waals surface area (Å²) in [5.41, 5.74) is 2.07. The second kappa shape index (κ2) is 9.50. The first-order valence-corrected chi connectivity index (χ1v) is 9.34. The standard InChI is InChI=1S/C21H25F2N3O2/c1-25-13-14-26(19(15-25)17-5-3-2-4-6-17)21(27)24-12-11-16-7-9-18(10-8-16)28-20(22)23/h2-10,19-20H,11-15H2,1H3,(H,24,27). The van der Waals surface area contributed by atoms with Gasteiger partial charge in [-0.05, 0) is 36.7 Å². The van der Waals surface area contributed by atoms with Gasteiger partial charge in [-0.1, -0.05) is 42.5 Å². The van der Waals surface area contributed by atoms with Gasteiger partial charge in [-0.2, -0.15) is 8.78 Å². The number of urea groups is 1. The van der Waals surface area contributed by atoms with Crippen LogP contribution >= 0.6 is 0 Å². The number of halogens is 2. The minimum atomic E-state index is -2.83. The van der Waals surface area contributed by atoms with Crippen molar-refractivity contribution in [2.24, 2.45) is 0 Å². The van der Waals surface area contributed by atoms with Gasteiger partial charge >= 0.3 is 12.6 Å². The zero-order chi connectivity index (χ0) is 19.9. The van der Waals surface area contributed by atoms with Crippen molar-refractivity contribution in [3.05, 3.63) is 65.7 Å². The lowest BCUT2D eigenvalue weighted by Gasteiger charge is -2.40. The van der Waals surface area contributed by atoms with Gasteiger partial charge in [0.05, 0.1) is 6.04 Å². The largest absolute Gasteiger partial charge is 0.435 e. The molecule has 1 heterocycles. The van der Waals surface area contributed by atoms with Crippen molar-refractivity contribution in [1.29, 1.82) is 0 Å². The molecule has 2 aromatic carbocycles. The average molecular weight is 389 g/mol. The van der Waals surface area contributed by atoms with Crippen molar-refractivity contribution in [2.45, 2.75) is 19.1 Å². The molecule has 1 atom stereocenters. The molecular formula is C21H25F2N3O2. The Bertz CT molecular complexity index is 756. The fourth-order valence-corrected chi connectivity index (χ4v) is 3.38. The van der Waals surface area contributed by atoms with E-state index in [1.807, 2.05) is 35.2 Å². The molecule has 0 bridgehead atoms. The Morgan fingerprint density at radius 3 is 2.54 bits per heavy atom. The molecule has 150 valence electrons. The summed E-state index contributed by atoms with van der Waals surface area (Å²) in [6, 6.07) is 16.5. The van der Waals surface area contributed by atoms with E-state index < -0.39 is 6.61 Å². The van der Waals surface area contributed by atoms with Crippen LogP contribution in [0.2, 0.25) is 0 Å². The first-order valence-electron chi connectivity index (χ1n) is 9.34. The summed E-state index contributed by atoms with van der Waals surface area (Å²) in [6.45, 7) is -0.0550. The molecule has 1 aliphatic heterocycles. The Morgan fingerprint density at radius 1 is 1.14 bits per heavy atom. The van der Waals surface area contributed by atoms with Crippen LogP contribution < -0.4 is 10.1 Å². The Hall–Kier alpha value is -2.67. The summed E-state index contributed by atoms with van der Waals surface area (Å²) >= 11 is 0. The molecule has 1 aliphatic rings. The molecule has 5 nitrogen and oxygen atoms in total. The van der Waals surface area contributed by atoms with E-state index in [-0.39, 0.29) is 17.8 Å². The fraction of sp³-hybridized carbons (Fsp3) is 0.381. The van der Waals surface area contributed by atoms with Gasteiger partial charge in [0, 0.05) is 26.2 Å². The lowest BCUT2D eigenvalue weighted by Crippen LogP contribution is -2.52. The highest BCUT2D eigenvalue weighted by Gasteiger charge is 2.29. The molecule has 0 aliphatic carbocycles. The van der Waals surface area contributed by atoms with Gasteiger partial charge in [0.25, 0.3) is 0 Å². The van der Waals surface area contributed by atoms with Crippen LogP contribution in [0.1, 0.15) is 17.2 Å². The molecule has 0 radical (unpaired) electrons. The van der Waals surface area contributed by atoms with Gasteiger partial charge in [0.2, 0.25) is 0 Å². The summed E-state index contributed by atoms with van der Waals surface area (Å²) in [6.07, 6.45) is 0.616. The van der Waals surface area contributed by atoms with Crippen molar-refractivity contribution >= 4 is 6.03 Å². The molecule has 0 saturated carbocycles. The van der Waals surface area contributed by atoms with Crippen LogP contribution in [0.3, 0.4) is 0 Å². The molecule has 1 fully saturated rings. The highest BCUT2D eigenvalue weighted by molar-refractivity contribution is 5.75. The number of hydrogen-bond acceptors (Lipinski definition) is 3. The van der Waals surface area contributed by atoms with E-state index in [9.17, 15) is 13.6 Å². The number of alkyl halides is 2. The molecule has 28 heavy (non-hydrogen) atoms. The van der Waals surface area contributed by atoms with E-state index >= 15 is 0 Å². The lowest BCUT2D eigenvalue weighted by molar-refractivity contribution is -0.0498. The van der Waals surface area contributed by atoms with Crippen LogP contribution in [-0.4, -0.2) is 55.7 Å². The molecule has 1 saturated heterocycles. The molecule has 7 heteroatoms. The molecule has 3 rings (SSSR count). The Kier molecular flexibility index (Phi) is 6.81. The van der Waals surface area contributed by atoms with Crippen LogP contribution in [0.5, 0.6) is 5.75 Å². The van der Waals surface area contributed by atoms with E-state index in [0.29, 0.717) is 19.5 Å². The number of nitrogens with one attached hydrogen (secondary N) is 1. The zero-order valence-corrected chi connectivity index (χ0v) is 15.9. The summed E-state index contributed by atoms with van der Waals surface area (Å²) in [4.78, 5) is 16.9. The second-order valence-corrected chi connectivity index (χ2v) is 6.89. The number of carbonyl (C=O) groups excluding carboxylic acids is 1. The number of amides is 2. The number of carbonyl (C=O) groups is 1. The molecule has 1 N–H and O–H groups in total. The zero-order valence-electron chi connectivity index (χ0n) is 15.9. The molecule has 1 unspecified atom stereocenters. The van der Waals surface area contributed by atoms with Crippen LogP contribution in [0.4, 0.5) is 13.6 Å². The smallest absolute Gasteiger partial charge is 0.387 e. The third kappa shape index (κ3) is 5.42. The first kappa shape index (κ1) is 20.1. The molecule has 2 amide bonds.